The summed E-state index contributed by atoms with van der Waals surface area (Å²) in [6.07, 6.45) is 1.72. The molecule has 4 rings (SSSR count). The number of aryl methyl sites for hydroxylation is 2. The fourth-order valence-electron chi connectivity index (χ4n) is 2.95. The summed E-state index contributed by atoms with van der Waals surface area (Å²) in [6, 6.07) is 9.65. The zero-order valence-electron chi connectivity index (χ0n) is 13.6. The number of para-hydroxylation sites is 1. The maximum Gasteiger partial charge on any atom is 0.296 e. The second-order valence-electron chi connectivity index (χ2n) is 5.82. The van der Waals surface area contributed by atoms with E-state index in [1.54, 1.807) is 11.7 Å². The van der Waals surface area contributed by atoms with Crippen LogP contribution >= 0.6 is 0 Å². The van der Waals surface area contributed by atoms with Crippen LogP contribution in [0.2, 0.25) is 0 Å². The molecule has 7 nitrogen and oxygen atoms in total. The molecule has 3 aromatic heterocycles. The highest BCUT2D eigenvalue weighted by Crippen LogP contribution is 2.19. The first-order valence-corrected chi connectivity index (χ1v) is 7.94. The van der Waals surface area contributed by atoms with Crippen molar-refractivity contribution in [1.82, 2.24) is 24.8 Å². The van der Waals surface area contributed by atoms with Crippen LogP contribution in [-0.4, -0.2) is 24.8 Å². The zero-order valence-corrected chi connectivity index (χ0v) is 13.6. The van der Waals surface area contributed by atoms with Crippen LogP contribution in [0.25, 0.3) is 22.0 Å². The normalized spacial score (nSPS) is 11.6. The second-order valence-corrected chi connectivity index (χ2v) is 5.82. The molecule has 122 valence electrons. The molecule has 7 heteroatoms. The van der Waals surface area contributed by atoms with E-state index in [0.29, 0.717) is 16.8 Å². The lowest BCUT2D eigenvalue weighted by Gasteiger charge is -2.01. The summed E-state index contributed by atoms with van der Waals surface area (Å²) in [7, 11) is 1.76. The third-order valence-electron chi connectivity index (χ3n) is 4.05. The standard InChI is InChI=1S/C17H17N5O2/c1-3-6-13-15-16(21(2)19-13)17(23)22(20-18-15)10-12-9-11-7-4-5-8-14(11)24-12/h4-5,7-9H,3,6,10H2,1-2H3. The van der Waals surface area contributed by atoms with Crippen LogP contribution in [-0.2, 0) is 20.0 Å². The fraction of sp³-hybridized carbons (Fsp3) is 0.294. The summed E-state index contributed by atoms with van der Waals surface area (Å²) in [6.45, 7) is 2.31. The monoisotopic (exact) mass is 323 g/mol. The summed E-state index contributed by atoms with van der Waals surface area (Å²) in [5.41, 5.74) is 2.46. The Balaban J connectivity index is 1.78. The number of hydrogen-bond acceptors (Lipinski definition) is 5. The van der Waals surface area contributed by atoms with Gasteiger partial charge in [-0.2, -0.15) is 5.10 Å². The number of fused-ring (bicyclic) bond motifs is 2. The Bertz CT molecular complexity index is 1060. The van der Waals surface area contributed by atoms with E-state index in [0.717, 1.165) is 29.5 Å². The van der Waals surface area contributed by atoms with E-state index in [1.807, 2.05) is 30.3 Å². The Kier molecular flexibility index (Phi) is 3.41. The van der Waals surface area contributed by atoms with Crippen molar-refractivity contribution < 1.29 is 4.42 Å². The largest absolute Gasteiger partial charge is 0.459 e. The molecule has 0 N–H and O–H groups in total. The molecule has 0 radical (unpaired) electrons. The smallest absolute Gasteiger partial charge is 0.296 e. The van der Waals surface area contributed by atoms with Crippen molar-refractivity contribution in [3.05, 3.63) is 52.1 Å². The molecule has 0 atom stereocenters. The Hall–Kier alpha value is -2.96. The van der Waals surface area contributed by atoms with Crippen LogP contribution < -0.4 is 5.56 Å². The van der Waals surface area contributed by atoms with Gasteiger partial charge in [0.1, 0.15) is 23.4 Å². The Labute approximate surface area is 137 Å². The molecule has 0 bridgehead atoms. The molecule has 0 saturated carbocycles. The van der Waals surface area contributed by atoms with Gasteiger partial charge < -0.3 is 4.42 Å². The summed E-state index contributed by atoms with van der Waals surface area (Å²) < 4.78 is 8.67. The van der Waals surface area contributed by atoms with Crippen molar-refractivity contribution in [3.8, 4) is 0 Å². The highest BCUT2D eigenvalue weighted by atomic mass is 16.3. The van der Waals surface area contributed by atoms with Gasteiger partial charge in [0.25, 0.3) is 5.56 Å². The Morgan fingerprint density at radius 1 is 1.25 bits per heavy atom. The van der Waals surface area contributed by atoms with E-state index < -0.39 is 0 Å². The first-order valence-electron chi connectivity index (χ1n) is 7.94. The maximum absolute atomic E-state index is 12.7. The first-order chi connectivity index (χ1) is 11.7. The summed E-state index contributed by atoms with van der Waals surface area (Å²) >= 11 is 0. The predicted octanol–water partition coefficient (Wildman–Crippen LogP) is 2.27. The summed E-state index contributed by atoms with van der Waals surface area (Å²) in [5, 5.41) is 13.7. The molecule has 4 aromatic rings. The molecule has 0 spiro atoms. The number of aromatic nitrogens is 5. The minimum absolute atomic E-state index is 0.210. The number of nitrogens with zero attached hydrogens (tertiary/aromatic N) is 5. The lowest BCUT2D eigenvalue weighted by Crippen LogP contribution is -2.25. The van der Waals surface area contributed by atoms with Crippen molar-refractivity contribution in [1.29, 1.82) is 0 Å². The lowest BCUT2D eigenvalue weighted by atomic mass is 10.2. The molecule has 3 heterocycles. The second kappa shape index (κ2) is 5.59. The predicted molar refractivity (Wildman–Crippen MR) is 89.9 cm³/mol. The fourth-order valence-corrected chi connectivity index (χ4v) is 2.95. The van der Waals surface area contributed by atoms with Gasteiger partial charge in [0.2, 0.25) is 0 Å². The first kappa shape index (κ1) is 14.6. The molecule has 1 aromatic carbocycles. The summed E-state index contributed by atoms with van der Waals surface area (Å²) in [5.74, 6) is 0.669. The zero-order chi connectivity index (χ0) is 16.7. The average molecular weight is 323 g/mol. The van der Waals surface area contributed by atoms with Gasteiger partial charge in [-0.15, -0.1) is 5.10 Å². The van der Waals surface area contributed by atoms with E-state index in [4.69, 9.17) is 4.42 Å². The quantitative estimate of drug-likeness (QED) is 0.575. The van der Waals surface area contributed by atoms with Gasteiger partial charge >= 0.3 is 0 Å². The molecule has 0 amide bonds. The third-order valence-corrected chi connectivity index (χ3v) is 4.05. The average Bonchev–Trinajstić information content (AvgIpc) is 3.11. The van der Waals surface area contributed by atoms with E-state index in [9.17, 15) is 4.79 Å². The number of rotatable bonds is 4. The van der Waals surface area contributed by atoms with Crippen LogP contribution in [0, 0.1) is 0 Å². The maximum atomic E-state index is 12.7. The van der Waals surface area contributed by atoms with Gasteiger partial charge in [-0.05, 0) is 18.6 Å². The Morgan fingerprint density at radius 3 is 2.88 bits per heavy atom. The molecule has 0 saturated heterocycles. The van der Waals surface area contributed by atoms with Crippen molar-refractivity contribution in [2.45, 2.75) is 26.3 Å². The van der Waals surface area contributed by atoms with Gasteiger partial charge in [-0.1, -0.05) is 36.8 Å². The molecule has 0 aliphatic heterocycles. The van der Waals surface area contributed by atoms with Crippen molar-refractivity contribution >= 4 is 22.0 Å². The SMILES string of the molecule is CCCc1nn(C)c2c(=O)n(Cc3cc4ccccc4o3)nnc12. The van der Waals surface area contributed by atoms with Crippen molar-refractivity contribution in [2.24, 2.45) is 7.05 Å². The van der Waals surface area contributed by atoms with Gasteiger partial charge in [-0.25, -0.2) is 4.68 Å². The third kappa shape index (κ3) is 2.29. The van der Waals surface area contributed by atoms with Gasteiger partial charge in [0.15, 0.2) is 5.52 Å². The van der Waals surface area contributed by atoms with Crippen LogP contribution in [0.3, 0.4) is 0 Å². The van der Waals surface area contributed by atoms with Crippen LogP contribution in [0.15, 0.2) is 39.5 Å². The lowest BCUT2D eigenvalue weighted by molar-refractivity contribution is 0.487. The van der Waals surface area contributed by atoms with E-state index in [1.165, 1.54) is 4.68 Å². The molecule has 0 unspecified atom stereocenters. The molecule has 0 aliphatic rings. The molecular weight excluding hydrogens is 306 g/mol. The van der Waals surface area contributed by atoms with Crippen LogP contribution in [0.1, 0.15) is 24.8 Å². The minimum Gasteiger partial charge on any atom is -0.459 e. The van der Waals surface area contributed by atoms with E-state index in [2.05, 4.69) is 22.3 Å². The van der Waals surface area contributed by atoms with Gasteiger partial charge in [0.05, 0.1) is 5.69 Å². The number of hydrogen-bond donors (Lipinski definition) is 0. The topological polar surface area (TPSA) is 78.7 Å². The minimum atomic E-state index is -0.210. The van der Waals surface area contributed by atoms with Gasteiger partial charge in [0, 0.05) is 12.4 Å². The van der Waals surface area contributed by atoms with Crippen LogP contribution in [0.5, 0.6) is 0 Å². The number of furan rings is 1. The Morgan fingerprint density at radius 2 is 2.08 bits per heavy atom. The number of benzene rings is 1. The van der Waals surface area contributed by atoms with Crippen LogP contribution in [0.4, 0.5) is 0 Å². The molecule has 24 heavy (non-hydrogen) atoms. The summed E-state index contributed by atoms with van der Waals surface area (Å²) in [4.78, 5) is 12.7. The van der Waals surface area contributed by atoms with E-state index >= 15 is 0 Å². The molecule has 0 aliphatic carbocycles. The van der Waals surface area contributed by atoms with Crippen molar-refractivity contribution in [2.75, 3.05) is 0 Å². The molecular formula is C17H17N5O2. The van der Waals surface area contributed by atoms with E-state index in [-0.39, 0.29) is 12.1 Å². The highest BCUT2D eigenvalue weighted by Gasteiger charge is 2.16. The van der Waals surface area contributed by atoms with Gasteiger partial charge in [-0.3, -0.25) is 9.48 Å². The molecule has 0 fully saturated rings. The van der Waals surface area contributed by atoms with Crippen molar-refractivity contribution in [3.63, 3.8) is 0 Å². The highest BCUT2D eigenvalue weighted by molar-refractivity contribution is 5.78.